The summed E-state index contributed by atoms with van der Waals surface area (Å²) in [7, 11) is -3.42. The fraction of sp³-hybridized carbons (Fsp3) is 0.462. The zero-order valence-electron chi connectivity index (χ0n) is 12.1. The first-order valence-electron chi connectivity index (χ1n) is 6.08. The Morgan fingerprint density at radius 3 is 2.29 bits per heavy atom. The smallest absolute Gasteiger partial charge is 0.335 e. The zero-order chi connectivity index (χ0) is 16.6. The van der Waals surface area contributed by atoms with E-state index in [-0.39, 0.29) is 5.56 Å². The van der Waals surface area contributed by atoms with Crippen molar-refractivity contribution < 1.29 is 18.3 Å². The molecular weight excluding hydrogens is 382 g/mol. The standard InChI is InChI=1S/C12H16BrNO4S.CH3Cl/c1-3-4-14(19(2,17)18)11-6-9(8-13)5-10(7-11)12(15)16;1-2/h5-7H,3-4,8H2,1-2H3,(H,15,16);1H3. The number of hydrogen-bond acceptors (Lipinski definition) is 3. The number of sulfonamides is 1. The molecule has 0 amide bonds. The van der Waals surface area contributed by atoms with Gasteiger partial charge in [-0.1, -0.05) is 22.9 Å². The predicted molar refractivity (Wildman–Crippen MR) is 90.3 cm³/mol. The lowest BCUT2D eigenvalue weighted by molar-refractivity contribution is 0.0697. The molecule has 1 aromatic rings. The molecule has 0 aliphatic heterocycles. The maximum atomic E-state index is 11.8. The van der Waals surface area contributed by atoms with Crippen molar-refractivity contribution >= 4 is 49.2 Å². The van der Waals surface area contributed by atoms with Crippen LogP contribution in [0.1, 0.15) is 29.3 Å². The number of hydrogen-bond donors (Lipinski definition) is 1. The van der Waals surface area contributed by atoms with E-state index in [0.717, 1.165) is 11.8 Å². The summed E-state index contributed by atoms with van der Waals surface area (Å²) >= 11 is 7.89. The van der Waals surface area contributed by atoms with Crippen LogP contribution >= 0.6 is 27.5 Å². The first kappa shape index (κ1) is 20.2. The zero-order valence-corrected chi connectivity index (χ0v) is 15.3. The van der Waals surface area contributed by atoms with Gasteiger partial charge in [-0.25, -0.2) is 13.2 Å². The predicted octanol–water partition coefficient (Wildman–Crippen LogP) is 3.31. The molecule has 0 fully saturated rings. The van der Waals surface area contributed by atoms with E-state index in [0.29, 0.717) is 24.0 Å². The van der Waals surface area contributed by atoms with Gasteiger partial charge >= 0.3 is 5.97 Å². The van der Waals surface area contributed by atoms with Gasteiger partial charge in [0, 0.05) is 18.3 Å². The van der Waals surface area contributed by atoms with Crippen LogP contribution in [-0.2, 0) is 15.4 Å². The van der Waals surface area contributed by atoms with E-state index in [1.165, 1.54) is 22.8 Å². The molecule has 120 valence electrons. The summed E-state index contributed by atoms with van der Waals surface area (Å²) in [6.45, 7) is 2.19. The number of carboxylic acid groups (broad SMARTS) is 1. The molecule has 0 bridgehead atoms. The van der Waals surface area contributed by atoms with Crippen LogP contribution in [0.25, 0.3) is 0 Å². The van der Waals surface area contributed by atoms with Crippen LogP contribution in [0.4, 0.5) is 5.69 Å². The van der Waals surface area contributed by atoms with Gasteiger partial charge in [0.2, 0.25) is 10.0 Å². The Balaban J connectivity index is 0.00000191. The number of nitrogens with zero attached hydrogens (tertiary/aromatic N) is 1. The van der Waals surface area contributed by atoms with E-state index in [9.17, 15) is 13.2 Å². The molecule has 0 saturated heterocycles. The summed E-state index contributed by atoms with van der Waals surface area (Å²) in [6.07, 6.45) is 3.23. The molecule has 0 aliphatic rings. The van der Waals surface area contributed by atoms with Crippen LogP contribution in [0.5, 0.6) is 0 Å². The third kappa shape index (κ3) is 6.23. The highest BCUT2D eigenvalue weighted by Crippen LogP contribution is 2.23. The summed E-state index contributed by atoms with van der Waals surface area (Å²) < 4.78 is 24.8. The Labute approximate surface area is 139 Å². The van der Waals surface area contributed by atoms with Crippen LogP contribution in [-0.4, -0.2) is 38.7 Å². The molecule has 1 aromatic carbocycles. The maximum Gasteiger partial charge on any atom is 0.335 e. The van der Waals surface area contributed by atoms with Gasteiger partial charge in [0.15, 0.2) is 0 Å². The Bertz CT molecular complexity index is 578. The van der Waals surface area contributed by atoms with Gasteiger partial charge in [-0.05, 0) is 30.2 Å². The summed E-state index contributed by atoms with van der Waals surface area (Å²) in [5.74, 6) is -1.08. The van der Waals surface area contributed by atoms with E-state index in [1.54, 1.807) is 6.07 Å². The Hall–Kier alpha value is -0.790. The third-order valence-electron chi connectivity index (χ3n) is 2.49. The van der Waals surface area contributed by atoms with Crippen molar-refractivity contribution in [2.75, 3.05) is 23.5 Å². The van der Waals surface area contributed by atoms with E-state index >= 15 is 0 Å². The van der Waals surface area contributed by atoms with E-state index in [2.05, 4.69) is 27.5 Å². The van der Waals surface area contributed by atoms with Crippen LogP contribution in [0.2, 0.25) is 0 Å². The first-order valence-corrected chi connectivity index (χ1v) is 9.81. The summed E-state index contributed by atoms with van der Waals surface area (Å²) in [5.41, 5.74) is 1.19. The molecule has 5 nitrogen and oxygen atoms in total. The molecule has 0 spiro atoms. The molecule has 1 rings (SSSR count). The van der Waals surface area contributed by atoms with E-state index < -0.39 is 16.0 Å². The van der Waals surface area contributed by atoms with Crippen molar-refractivity contribution in [3.8, 4) is 0 Å². The second kappa shape index (κ2) is 9.27. The fourth-order valence-corrected chi connectivity index (χ4v) is 3.03. The minimum absolute atomic E-state index is 0.0803. The lowest BCUT2D eigenvalue weighted by Gasteiger charge is -2.22. The topological polar surface area (TPSA) is 74.7 Å². The largest absolute Gasteiger partial charge is 0.478 e. The van der Waals surface area contributed by atoms with Gasteiger partial charge < -0.3 is 5.11 Å². The second-order valence-electron chi connectivity index (χ2n) is 4.16. The fourth-order valence-electron chi connectivity index (χ4n) is 1.71. The van der Waals surface area contributed by atoms with Gasteiger partial charge in [0.1, 0.15) is 0 Å². The van der Waals surface area contributed by atoms with Crippen molar-refractivity contribution in [3.63, 3.8) is 0 Å². The molecule has 0 aromatic heterocycles. The highest BCUT2D eigenvalue weighted by atomic mass is 79.9. The SMILES string of the molecule is CCCN(c1cc(CBr)cc(C(=O)O)c1)S(C)(=O)=O.CCl. The lowest BCUT2D eigenvalue weighted by atomic mass is 10.1. The number of aromatic carboxylic acids is 1. The molecule has 0 aliphatic carbocycles. The number of benzene rings is 1. The lowest BCUT2D eigenvalue weighted by Crippen LogP contribution is -2.30. The van der Waals surface area contributed by atoms with Crippen LogP contribution in [0.15, 0.2) is 18.2 Å². The molecule has 0 radical (unpaired) electrons. The Kier molecular flexibility index (Phi) is 8.92. The molecule has 0 saturated carbocycles. The number of carbonyl (C=O) groups is 1. The summed E-state index contributed by atoms with van der Waals surface area (Å²) in [4.78, 5) is 11.1. The average molecular weight is 401 g/mol. The number of halogens is 2. The minimum atomic E-state index is -3.42. The van der Waals surface area contributed by atoms with Crippen molar-refractivity contribution in [1.82, 2.24) is 0 Å². The molecule has 8 heteroatoms. The van der Waals surface area contributed by atoms with E-state index in [4.69, 9.17) is 5.11 Å². The Morgan fingerprint density at radius 1 is 1.33 bits per heavy atom. The van der Waals surface area contributed by atoms with E-state index in [1.807, 2.05) is 6.92 Å². The average Bonchev–Trinajstić information content (AvgIpc) is 2.45. The number of rotatable bonds is 6. The van der Waals surface area contributed by atoms with Crippen molar-refractivity contribution in [1.29, 1.82) is 0 Å². The van der Waals surface area contributed by atoms with Gasteiger partial charge in [-0.15, -0.1) is 11.6 Å². The molecule has 1 N–H and O–H groups in total. The first-order chi connectivity index (χ1) is 9.79. The minimum Gasteiger partial charge on any atom is -0.478 e. The van der Waals surface area contributed by atoms with Gasteiger partial charge in [0.05, 0.1) is 17.5 Å². The molecular formula is C13H19BrClNO4S. The Morgan fingerprint density at radius 2 is 1.90 bits per heavy atom. The quantitative estimate of drug-likeness (QED) is 0.743. The van der Waals surface area contributed by atoms with Crippen LogP contribution < -0.4 is 4.31 Å². The van der Waals surface area contributed by atoms with Crippen LogP contribution in [0.3, 0.4) is 0 Å². The van der Waals surface area contributed by atoms with Crippen molar-refractivity contribution in [2.24, 2.45) is 0 Å². The van der Waals surface area contributed by atoms with Crippen molar-refractivity contribution in [3.05, 3.63) is 29.3 Å². The van der Waals surface area contributed by atoms with Crippen LogP contribution in [0, 0.1) is 0 Å². The highest BCUT2D eigenvalue weighted by Gasteiger charge is 2.18. The molecule has 21 heavy (non-hydrogen) atoms. The van der Waals surface area contributed by atoms with Gasteiger partial charge in [-0.3, -0.25) is 4.31 Å². The summed E-state index contributed by atoms with van der Waals surface area (Å²) in [5, 5.41) is 9.52. The van der Waals surface area contributed by atoms with Crippen molar-refractivity contribution in [2.45, 2.75) is 18.7 Å². The van der Waals surface area contributed by atoms with Gasteiger partial charge in [0.25, 0.3) is 0 Å². The summed E-state index contributed by atoms with van der Waals surface area (Å²) in [6, 6.07) is 4.58. The number of alkyl halides is 2. The monoisotopic (exact) mass is 399 g/mol. The maximum absolute atomic E-state index is 11.8. The molecule has 0 atom stereocenters. The number of carboxylic acids is 1. The third-order valence-corrected chi connectivity index (χ3v) is 4.34. The number of anilines is 1. The highest BCUT2D eigenvalue weighted by molar-refractivity contribution is 9.08. The second-order valence-corrected chi connectivity index (χ2v) is 6.63. The van der Waals surface area contributed by atoms with Gasteiger partial charge in [-0.2, -0.15) is 0 Å². The molecule has 0 unspecified atom stereocenters. The normalized spacial score (nSPS) is 10.5. The molecule has 0 heterocycles.